The number of para-hydroxylation sites is 2. The molecule has 7 heteroatoms. The first-order chi connectivity index (χ1) is 12.6. The fourth-order valence-corrected chi connectivity index (χ4v) is 3.38. The molecular weight excluding hydrogens is 371 g/mol. The third-order valence-electron chi connectivity index (χ3n) is 4.79. The largest absolute Gasteiger partial charge is 0.493 e. The second-order valence-corrected chi connectivity index (χ2v) is 6.42. The Morgan fingerprint density at radius 2 is 1.93 bits per heavy atom. The Kier molecular flexibility index (Phi) is 7.45. The highest BCUT2D eigenvalue weighted by Crippen LogP contribution is 2.34. The lowest BCUT2D eigenvalue weighted by atomic mass is 9.95. The zero-order chi connectivity index (χ0) is 18.5. The number of hydrogen-bond acceptors (Lipinski definition) is 4. The third kappa shape index (κ3) is 4.90. The SMILES string of the molecule is COc1ccccc1Oc1ccc(NC(=O)[C@@H]2CCC[C@@H]2CN)cc1F.Cl. The molecular formula is C20H24ClFN2O3. The van der Waals surface area contributed by atoms with Crippen molar-refractivity contribution in [2.24, 2.45) is 17.6 Å². The Hall–Kier alpha value is -2.31. The second-order valence-electron chi connectivity index (χ2n) is 6.42. The van der Waals surface area contributed by atoms with E-state index in [1.54, 1.807) is 30.3 Å². The van der Waals surface area contributed by atoms with E-state index in [4.69, 9.17) is 15.2 Å². The van der Waals surface area contributed by atoms with Crippen LogP contribution in [0.1, 0.15) is 19.3 Å². The summed E-state index contributed by atoms with van der Waals surface area (Å²) in [6.07, 6.45) is 2.79. The van der Waals surface area contributed by atoms with E-state index in [0.717, 1.165) is 19.3 Å². The van der Waals surface area contributed by atoms with Crippen LogP contribution >= 0.6 is 12.4 Å². The molecule has 1 aliphatic carbocycles. The molecule has 3 N–H and O–H groups in total. The molecule has 0 bridgehead atoms. The smallest absolute Gasteiger partial charge is 0.227 e. The molecule has 2 aromatic carbocycles. The number of benzene rings is 2. The lowest BCUT2D eigenvalue weighted by Crippen LogP contribution is -2.29. The standard InChI is InChI=1S/C20H23FN2O3.ClH/c1-25-18-7-2-3-8-19(18)26-17-10-9-14(11-16(17)21)23-20(24)15-6-4-5-13(15)12-22;/h2-3,7-11,13,15H,4-6,12,22H2,1H3,(H,23,24);1H/t13-,15-;/m1./s1. The second kappa shape index (κ2) is 9.58. The minimum Gasteiger partial charge on any atom is -0.493 e. The predicted molar refractivity (Wildman–Crippen MR) is 105 cm³/mol. The van der Waals surface area contributed by atoms with Gasteiger partial charge in [-0.1, -0.05) is 18.6 Å². The molecule has 3 rings (SSSR count). The molecule has 5 nitrogen and oxygen atoms in total. The molecule has 0 heterocycles. The number of methoxy groups -OCH3 is 1. The fraction of sp³-hybridized carbons (Fsp3) is 0.350. The van der Waals surface area contributed by atoms with Gasteiger partial charge in [0.1, 0.15) is 0 Å². The third-order valence-corrected chi connectivity index (χ3v) is 4.79. The summed E-state index contributed by atoms with van der Waals surface area (Å²) in [4.78, 5) is 12.4. The first-order valence-corrected chi connectivity index (χ1v) is 8.73. The van der Waals surface area contributed by atoms with Gasteiger partial charge in [-0.05, 0) is 49.6 Å². The number of ether oxygens (including phenoxy) is 2. The maximum Gasteiger partial charge on any atom is 0.227 e. The highest BCUT2D eigenvalue weighted by atomic mass is 35.5. The van der Waals surface area contributed by atoms with Crippen molar-refractivity contribution in [3.63, 3.8) is 0 Å². The number of carbonyl (C=O) groups excluding carboxylic acids is 1. The zero-order valence-electron chi connectivity index (χ0n) is 15.1. The van der Waals surface area contributed by atoms with Crippen LogP contribution in [0.15, 0.2) is 42.5 Å². The number of nitrogens with two attached hydrogens (primary N) is 1. The predicted octanol–water partition coefficient (Wildman–Crippen LogP) is 4.36. The quantitative estimate of drug-likeness (QED) is 0.763. The maximum atomic E-state index is 14.4. The summed E-state index contributed by atoms with van der Waals surface area (Å²) in [5.41, 5.74) is 6.13. The van der Waals surface area contributed by atoms with Crippen LogP contribution in [0.25, 0.3) is 0 Å². The summed E-state index contributed by atoms with van der Waals surface area (Å²) >= 11 is 0. The number of halogens is 2. The van der Waals surface area contributed by atoms with E-state index in [2.05, 4.69) is 5.32 Å². The number of anilines is 1. The minimum absolute atomic E-state index is 0. The number of amides is 1. The van der Waals surface area contributed by atoms with Crippen LogP contribution < -0.4 is 20.5 Å². The number of hydrogen-bond donors (Lipinski definition) is 2. The molecule has 1 amide bonds. The summed E-state index contributed by atoms with van der Waals surface area (Å²) in [5.74, 6) is 0.431. The first kappa shape index (κ1) is 21.0. The molecule has 0 saturated heterocycles. The summed E-state index contributed by atoms with van der Waals surface area (Å²) in [7, 11) is 1.52. The average Bonchev–Trinajstić information content (AvgIpc) is 3.13. The Balaban J connectivity index is 0.00000261. The van der Waals surface area contributed by atoms with Crippen molar-refractivity contribution in [3.8, 4) is 17.2 Å². The van der Waals surface area contributed by atoms with Crippen LogP contribution in [0.3, 0.4) is 0 Å². The Morgan fingerprint density at radius 3 is 2.59 bits per heavy atom. The van der Waals surface area contributed by atoms with Crippen LogP contribution in [0.5, 0.6) is 17.2 Å². The number of rotatable bonds is 6. The van der Waals surface area contributed by atoms with E-state index >= 15 is 0 Å². The molecule has 1 saturated carbocycles. The molecule has 2 atom stereocenters. The molecule has 0 spiro atoms. The van der Waals surface area contributed by atoms with Gasteiger partial charge in [0.05, 0.1) is 7.11 Å². The lowest BCUT2D eigenvalue weighted by molar-refractivity contribution is -0.120. The van der Waals surface area contributed by atoms with Crippen molar-refractivity contribution in [3.05, 3.63) is 48.3 Å². The van der Waals surface area contributed by atoms with Gasteiger partial charge in [-0.15, -0.1) is 12.4 Å². The van der Waals surface area contributed by atoms with E-state index in [1.165, 1.54) is 19.2 Å². The maximum absolute atomic E-state index is 14.4. The highest BCUT2D eigenvalue weighted by molar-refractivity contribution is 5.93. The van der Waals surface area contributed by atoms with Gasteiger partial charge in [-0.2, -0.15) is 0 Å². The van der Waals surface area contributed by atoms with Crippen molar-refractivity contribution in [1.29, 1.82) is 0 Å². The molecule has 0 radical (unpaired) electrons. The van der Waals surface area contributed by atoms with Crippen LogP contribution in [-0.2, 0) is 4.79 Å². The average molecular weight is 395 g/mol. The number of carbonyl (C=O) groups is 1. The van der Waals surface area contributed by atoms with Gasteiger partial charge in [0.25, 0.3) is 0 Å². The van der Waals surface area contributed by atoms with Crippen LogP contribution in [0.4, 0.5) is 10.1 Å². The van der Waals surface area contributed by atoms with Crippen molar-refractivity contribution in [1.82, 2.24) is 0 Å². The van der Waals surface area contributed by atoms with Gasteiger partial charge in [-0.3, -0.25) is 4.79 Å². The Morgan fingerprint density at radius 1 is 1.19 bits per heavy atom. The summed E-state index contributed by atoms with van der Waals surface area (Å²) < 4.78 is 25.2. The van der Waals surface area contributed by atoms with E-state index in [9.17, 15) is 9.18 Å². The summed E-state index contributed by atoms with van der Waals surface area (Å²) in [5, 5.41) is 2.79. The normalized spacial score (nSPS) is 18.5. The minimum atomic E-state index is -0.560. The molecule has 27 heavy (non-hydrogen) atoms. The van der Waals surface area contributed by atoms with Crippen molar-refractivity contribution < 1.29 is 18.7 Å². The van der Waals surface area contributed by atoms with E-state index in [-0.39, 0.29) is 35.9 Å². The Bertz CT molecular complexity index is 788. The molecule has 146 valence electrons. The summed E-state index contributed by atoms with van der Waals surface area (Å²) in [6, 6.07) is 11.4. The highest BCUT2D eigenvalue weighted by Gasteiger charge is 2.32. The molecule has 1 aliphatic rings. The van der Waals surface area contributed by atoms with Gasteiger partial charge in [0, 0.05) is 17.7 Å². The van der Waals surface area contributed by atoms with Crippen molar-refractivity contribution >= 4 is 24.0 Å². The molecule has 0 aliphatic heterocycles. The van der Waals surface area contributed by atoms with Crippen molar-refractivity contribution in [2.45, 2.75) is 19.3 Å². The van der Waals surface area contributed by atoms with Crippen LogP contribution in [0, 0.1) is 17.7 Å². The summed E-state index contributed by atoms with van der Waals surface area (Å²) in [6.45, 7) is 0.498. The van der Waals surface area contributed by atoms with E-state index in [1.807, 2.05) is 0 Å². The Labute approximate surface area is 164 Å². The first-order valence-electron chi connectivity index (χ1n) is 8.73. The van der Waals surface area contributed by atoms with Gasteiger partial charge >= 0.3 is 0 Å². The van der Waals surface area contributed by atoms with Crippen molar-refractivity contribution in [2.75, 3.05) is 19.0 Å². The monoisotopic (exact) mass is 394 g/mol. The van der Waals surface area contributed by atoms with Gasteiger partial charge in [0.15, 0.2) is 23.1 Å². The van der Waals surface area contributed by atoms with E-state index < -0.39 is 5.82 Å². The zero-order valence-corrected chi connectivity index (χ0v) is 15.9. The van der Waals surface area contributed by atoms with Crippen LogP contribution in [-0.4, -0.2) is 19.6 Å². The van der Waals surface area contributed by atoms with Gasteiger partial charge in [0.2, 0.25) is 5.91 Å². The van der Waals surface area contributed by atoms with Crippen LogP contribution in [0.2, 0.25) is 0 Å². The number of nitrogens with one attached hydrogen (secondary N) is 1. The van der Waals surface area contributed by atoms with Gasteiger partial charge < -0.3 is 20.5 Å². The molecule has 1 fully saturated rings. The van der Waals surface area contributed by atoms with E-state index in [0.29, 0.717) is 23.7 Å². The van der Waals surface area contributed by atoms with Gasteiger partial charge in [-0.25, -0.2) is 4.39 Å². The molecule has 0 aromatic heterocycles. The topological polar surface area (TPSA) is 73.6 Å². The molecule has 2 aromatic rings. The molecule has 0 unspecified atom stereocenters. The lowest BCUT2D eigenvalue weighted by Gasteiger charge is -2.17. The fourth-order valence-electron chi connectivity index (χ4n) is 3.38.